The number of hydrogen-bond acceptors (Lipinski definition) is 6. The Bertz CT molecular complexity index is 1550. The molecule has 176 valence electrons. The number of ether oxygens (including phenoxy) is 1. The van der Waals surface area contributed by atoms with Gasteiger partial charge in [-0.2, -0.15) is 4.72 Å². The van der Waals surface area contributed by atoms with Gasteiger partial charge in [-0.05, 0) is 55.5 Å². The van der Waals surface area contributed by atoms with E-state index in [0.717, 1.165) is 10.9 Å². The van der Waals surface area contributed by atoms with Gasteiger partial charge < -0.3 is 9.15 Å². The molecule has 1 heterocycles. The van der Waals surface area contributed by atoms with Crippen LogP contribution in [0.25, 0.3) is 21.7 Å². The zero-order valence-corrected chi connectivity index (χ0v) is 20.1. The van der Waals surface area contributed by atoms with Gasteiger partial charge in [0.1, 0.15) is 17.4 Å². The lowest BCUT2D eigenvalue weighted by Gasteiger charge is -2.21. The minimum absolute atomic E-state index is 0.0621. The molecule has 0 aliphatic carbocycles. The number of carbonyl (C=O) groups excluding carboxylic acids is 1. The first kappa shape index (κ1) is 23.7. The maximum absolute atomic E-state index is 13.0. The maximum Gasteiger partial charge on any atom is 0.344 e. The number of carbonyl (C=O) groups is 1. The lowest BCUT2D eigenvalue weighted by molar-refractivity contribution is -0.137. The minimum Gasteiger partial charge on any atom is -0.425 e. The highest BCUT2D eigenvalue weighted by Crippen LogP contribution is 2.31. The highest BCUT2D eigenvalue weighted by atomic mass is 32.2. The van der Waals surface area contributed by atoms with Gasteiger partial charge in [-0.15, -0.1) is 0 Å². The molecular weight excluding hydrogens is 454 g/mol. The van der Waals surface area contributed by atoms with Crippen LogP contribution in [0.3, 0.4) is 0 Å². The van der Waals surface area contributed by atoms with E-state index in [1.807, 2.05) is 19.1 Å². The third kappa shape index (κ3) is 4.47. The van der Waals surface area contributed by atoms with E-state index >= 15 is 0 Å². The van der Waals surface area contributed by atoms with Crippen molar-refractivity contribution in [2.24, 2.45) is 5.92 Å². The summed E-state index contributed by atoms with van der Waals surface area (Å²) in [5, 5.41) is 1.91. The van der Waals surface area contributed by atoms with Crippen molar-refractivity contribution < 1.29 is 22.4 Å². The molecule has 0 aliphatic heterocycles. The molecule has 0 aliphatic rings. The fourth-order valence-electron chi connectivity index (χ4n) is 3.75. The molecule has 0 bridgehead atoms. The van der Waals surface area contributed by atoms with E-state index in [1.165, 1.54) is 12.1 Å². The Balaban J connectivity index is 1.66. The Morgan fingerprint density at radius 1 is 0.912 bits per heavy atom. The summed E-state index contributed by atoms with van der Waals surface area (Å²) in [4.78, 5) is 25.5. The molecule has 0 amide bonds. The molecule has 1 aromatic heterocycles. The average Bonchev–Trinajstić information content (AvgIpc) is 2.80. The van der Waals surface area contributed by atoms with Crippen molar-refractivity contribution in [2.45, 2.75) is 38.6 Å². The standard InChI is InChI=1S/C26H25NO6S/c1-15(2)23(27-34(30,31)18-11-9-16(3)10-12-18)26(29)32-22-14-13-20-19-7-5-6-8-21(19)25(28)33-24(20)17(22)4/h5-15,23,27H,1-4H3/t23-/m1/s1. The van der Waals surface area contributed by atoms with Crippen molar-refractivity contribution in [2.75, 3.05) is 0 Å². The molecule has 4 aromatic rings. The molecule has 0 radical (unpaired) electrons. The molecular formula is C26H25NO6S. The molecule has 0 saturated heterocycles. The summed E-state index contributed by atoms with van der Waals surface area (Å²) in [6, 6.07) is 15.7. The van der Waals surface area contributed by atoms with Crippen molar-refractivity contribution in [3.63, 3.8) is 0 Å². The zero-order chi connectivity index (χ0) is 24.6. The Hall–Kier alpha value is -3.49. The van der Waals surface area contributed by atoms with Gasteiger partial charge in [-0.1, -0.05) is 49.7 Å². The van der Waals surface area contributed by atoms with Crippen LogP contribution < -0.4 is 15.1 Å². The Labute approximate surface area is 197 Å². The number of nitrogens with one attached hydrogen (secondary N) is 1. The number of sulfonamides is 1. The van der Waals surface area contributed by atoms with Gasteiger partial charge in [-0.25, -0.2) is 18.0 Å². The van der Waals surface area contributed by atoms with Gasteiger partial charge in [0.05, 0.1) is 10.3 Å². The predicted octanol–water partition coefficient (Wildman–Crippen LogP) is 4.47. The van der Waals surface area contributed by atoms with Crippen LogP contribution in [0, 0.1) is 19.8 Å². The van der Waals surface area contributed by atoms with Crippen molar-refractivity contribution >= 4 is 37.7 Å². The molecule has 0 saturated carbocycles. The number of benzene rings is 3. The second-order valence-electron chi connectivity index (χ2n) is 8.58. The lowest BCUT2D eigenvalue weighted by Crippen LogP contribution is -2.46. The monoisotopic (exact) mass is 479 g/mol. The molecule has 0 spiro atoms. The Morgan fingerprint density at radius 3 is 2.21 bits per heavy atom. The first-order valence-corrected chi connectivity index (χ1v) is 12.3. The van der Waals surface area contributed by atoms with Crippen LogP contribution in [0.2, 0.25) is 0 Å². The SMILES string of the molecule is Cc1ccc(S(=O)(=O)N[C@@H](C(=O)Oc2ccc3c(oc(=O)c4ccccc43)c2C)C(C)C)cc1. The molecule has 4 rings (SSSR count). The van der Waals surface area contributed by atoms with Crippen LogP contribution in [0.5, 0.6) is 5.75 Å². The van der Waals surface area contributed by atoms with Crippen molar-refractivity contribution in [1.29, 1.82) is 0 Å². The molecule has 34 heavy (non-hydrogen) atoms. The number of aryl methyl sites for hydroxylation is 2. The van der Waals surface area contributed by atoms with Crippen molar-refractivity contribution in [3.05, 3.63) is 82.2 Å². The molecule has 1 atom stereocenters. The first-order valence-electron chi connectivity index (χ1n) is 10.8. The highest BCUT2D eigenvalue weighted by Gasteiger charge is 2.30. The normalized spacial score (nSPS) is 12.9. The topological polar surface area (TPSA) is 103 Å². The zero-order valence-electron chi connectivity index (χ0n) is 19.3. The third-order valence-electron chi connectivity index (χ3n) is 5.73. The van der Waals surface area contributed by atoms with Gasteiger partial charge in [-0.3, -0.25) is 0 Å². The van der Waals surface area contributed by atoms with Crippen molar-refractivity contribution in [1.82, 2.24) is 4.72 Å². The van der Waals surface area contributed by atoms with E-state index in [0.29, 0.717) is 21.9 Å². The number of esters is 1. The smallest absolute Gasteiger partial charge is 0.344 e. The van der Waals surface area contributed by atoms with E-state index in [4.69, 9.17) is 9.15 Å². The minimum atomic E-state index is -3.94. The van der Waals surface area contributed by atoms with E-state index in [9.17, 15) is 18.0 Å². The van der Waals surface area contributed by atoms with E-state index in [2.05, 4.69) is 4.72 Å². The fraction of sp³-hybridized carbons (Fsp3) is 0.231. The number of hydrogen-bond donors (Lipinski definition) is 1. The molecule has 0 unspecified atom stereocenters. The van der Waals surface area contributed by atoms with Gasteiger partial charge in [0, 0.05) is 10.9 Å². The van der Waals surface area contributed by atoms with Crippen LogP contribution in [-0.2, 0) is 14.8 Å². The highest BCUT2D eigenvalue weighted by molar-refractivity contribution is 7.89. The summed E-state index contributed by atoms with van der Waals surface area (Å²) in [7, 11) is -3.94. The van der Waals surface area contributed by atoms with Gasteiger partial charge in [0.15, 0.2) is 0 Å². The largest absolute Gasteiger partial charge is 0.425 e. The van der Waals surface area contributed by atoms with E-state index in [-0.39, 0.29) is 16.6 Å². The summed E-state index contributed by atoms with van der Waals surface area (Å²) in [5.41, 5.74) is 1.22. The van der Waals surface area contributed by atoms with Crippen molar-refractivity contribution in [3.8, 4) is 5.75 Å². The predicted molar refractivity (Wildman–Crippen MR) is 130 cm³/mol. The third-order valence-corrected chi connectivity index (χ3v) is 7.19. The summed E-state index contributed by atoms with van der Waals surface area (Å²) >= 11 is 0. The van der Waals surface area contributed by atoms with Crippen LogP contribution in [-0.4, -0.2) is 20.4 Å². The van der Waals surface area contributed by atoms with Crippen LogP contribution in [0.4, 0.5) is 0 Å². The quantitative estimate of drug-likeness (QED) is 0.189. The van der Waals surface area contributed by atoms with Crippen LogP contribution in [0.1, 0.15) is 25.0 Å². The number of fused-ring (bicyclic) bond motifs is 3. The van der Waals surface area contributed by atoms with Crippen LogP contribution in [0.15, 0.2) is 74.8 Å². The molecule has 3 aromatic carbocycles. The second-order valence-corrected chi connectivity index (χ2v) is 10.3. The molecule has 1 N–H and O–H groups in total. The summed E-state index contributed by atoms with van der Waals surface area (Å²) in [5.74, 6) is -0.942. The lowest BCUT2D eigenvalue weighted by atomic mass is 10.0. The van der Waals surface area contributed by atoms with Crippen LogP contribution >= 0.6 is 0 Å². The average molecular weight is 480 g/mol. The fourth-order valence-corrected chi connectivity index (χ4v) is 5.09. The summed E-state index contributed by atoms with van der Waals surface area (Å²) in [6.45, 7) is 6.99. The van der Waals surface area contributed by atoms with Gasteiger partial charge in [0.2, 0.25) is 10.0 Å². The maximum atomic E-state index is 13.0. The van der Waals surface area contributed by atoms with Gasteiger partial charge >= 0.3 is 11.6 Å². The number of rotatable bonds is 6. The molecule has 0 fully saturated rings. The van der Waals surface area contributed by atoms with Gasteiger partial charge in [0.25, 0.3) is 0 Å². The van der Waals surface area contributed by atoms with E-state index < -0.39 is 27.7 Å². The Morgan fingerprint density at radius 2 is 1.56 bits per heavy atom. The van der Waals surface area contributed by atoms with E-state index in [1.54, 1.807) is 57.2 Å². The first-order chi connectivity index (χ1) is 16.1. The summed E-state index contributed by atoms with van der Waals surface area (Å²) < 4.78 is 39.3. The Kier molecular flexibility index (Phi) is 6.29. The summed E-state index contributed by atoms with van der Waals surface area (Å²) in [6.07, 6.45) is 0. The second kappa shape index (κ2) is 9.04. The molecule has 8 heteroatoms. The molecule has 7 nitrogen and oxygen atoms in total.